The van der Waals surface area contributed by atoms with Gasteiger partial charge in [-0.15, -0.1) is 90.7 Å². The molecule has 10 rings (SSSR count). The van der Waals surface area contributed by atoms with E-state index in [9.17, 15) is 0 Å². The van der Waals surface area contributed by atoms with Gasteiger partial charge in [0.25, 0.3) is 0 Å². The quantitative estimate of drug-likeness (QED) is 0.0912. The molecule has 12 heteroatoms. The van der Waals surface area contributed by atoms with Crippen molar-refractivity contribution in [1.29, 1.82) is 0 Å². The summed E-state index contributed by atoms with van der Waals surface area (Å²) in [6, 6.07) is 9.86. The number of rotatable bonds is 17. The molecule has 64 heavy (non-hydrogen) atoms. The Kier molecular flexibility index (Phi) is 13.1. The molecule has 0 atom stereocenters. The van der Waals surface area contributed by atoms with Crippen molar-refractivity contribution < 1.29 is 0 Å². The molecule has 0 spiro atoms. The molecule has 330 valence electrons. The van der Waals surface area contributed by atoms with Crippen LogP contribution >= 0.6 is 90.7 Å². The summed E-state index contributed by atoms with van der Waals surface area (Å²) in [5.74, 6) is 0. The number of benzene rings is 2. The monoisotopic (exact) mass is 990 g/mol. The number of thiazole rings is 4. The van der Waals surface area contributed by atoms with Gasteiger partial charge in [0.1, 0.15) is 0 Å². The van der Waals surface area contributed by atoms with Crippen molar-refractivity contribution in [1.82, 2.24) is 19.9 Å². The highest BCUT2D eigenvalue weighted by Crippen LogP contribution is 2.52. The Morgan fingerprint density at radius 3 is 1.19 bits per heavy atom. The molecule has 0 saturated carbocycles. The molecule has 0 unspecified atom stereocenters. The first kappa shape index (κ1) is 44.6. The van der Waals surface area contributed by atoms with E-state index in [4.69, 9.17) is 19.9 Å². The summed E-state index contributed by atoms with van der Waals surface area (Å²) in [7, 11) is 0. The van der Waals surface area contributed by atoms with Gasteiger partial charge in [0.05, 0.1) is 37.4 Å². The van der Waals surface area contributed by atoms with E-state index in [-0.39, 0.29) is 0 Å². The van der Waals surface area contributed by atoms with Gasteiger partial charge >= 0.3 is 0 Å². The van der Waals surface area contributed by atoms with Crippen LogP contribution in [-0.4, -0.2) is 19.9 Å². The Morgan fingerprint density at radius 2 is 0.781 bits per heavy atom. The topological polar surface area (TPSA) is 51.6 Å². The molecule has 0 radical (unpaired) electrons. The molecule has 0 amide bonds. The fraction of sp³-hybridized carbons (Fsp3) is 0.385. The van der Waals surface area contributed by atoms with E-state index in [1.807, 2.05) is 79.4 Å². The Balaban J connectivity index is 1.06. The third-order valence-electron chi connectivity index (χ3n) is 12.3. The van der Waals surface area contributed by atoms with Crippen LogP contribution in [-0.2, 0) is 51.4 Å². The SMILES string of the molecule is CCCc1csc(-c2nc(CCC)c(-c3cc4c(CC)c5sc(-c6sc(-c7nc(CCC)c(-c8cc9c(CC)c%10sccc%10c(CC)c9s8)s7)nc6CCC)cc5c(CC)c4s3)s2)n1. The van der Waals surface area contributed by atoms with Crippen LogP contribution < -0.4 is 0 Å². The smallest absolute Gasteiger partial charge is 0.153 e. The van der Waals surface area contributed by atoms with Crippen molar-refractivity contribution in [2.45, 2.75) is 132 Å². The van der Waals surface area contributed by atoms with Crippen LogP contribution in [0.15, 0.2) is 35.0 Å². The molecule has 0 fully saturated rings. The van der Waals surface area contributed by atoms with Gasteiger partial charge in [0.2, 0.25) is 0 Å². The van der Waals surface area contributed by atoms with E-state index in [2.05, 4.69) is 90.4 Å². The third kappa shape index (κ3) is 7.69. The Hall–Kier alpha value is -3.20. The second-order valence-corrected chi connectivity index (χ2v) is 24.5. The maximum absolute atomic E-state index is 5.46. The lowest BCUT2D eigenvalue weighted by atomic mass is 9.98. The summed E-state index contributed by atoms with van der Waals surface area (Å²) < 4.78 is 5.82. The molecule has 8 aromatic heterocycles. The van der Waals surface area contributed by atoms with Crippen molar-refractivity contribution in [2.75, 3.05) is 0 Å². The molecule has 0 bridgehead atoms. The largest absolute Gasteiger partial charge is 0.239 e. The van der Waals surface area contributed by atoms with Gasteiger partial charge in [0, 0.05) is 38.8 Å². The Morgan fingerprint density at radius 1 is 0.391 bits per heavy atom. The number of hydrogen-bond acceptors (Lipinski definition) is 12. The zero-order chi connectivity index (χ0) is 44.2. The minimum atomic E-state index is 0.963. The van der Waals surface area contributed by atoms with E-state index < -0.39 is 0 Å². The van der Waals surface area contributed by atoms with Crippen LogP contribution in [0.5, 0.6) is 0 Å². The zero-order valence-electron chi connectivity index (χ0n) is 38.0. The lowest BCUT2D eigenvalue weighted by molar-refractivity contribution is 0.889. The van der Waals surface area contributed by atoms with Crippen molar-refractivity contribution in [3.05, 3.63) is 80.1 Å². The van der Waals surface area contributed by atoms with Gasteiger partial charge in [-0.25, -0.2) is 19.9 Å². The summed E-state index contributed by atoms with van der Waals surface area (Å²) in [6.45, 7) is 18.4. The molecule has 0 N–H and O–H groups in total. The van der Waals surface area contributed by atoms with Crippen LogP contribution in [0, 0.1) is 0 Å². The average Bonchev–Trinajstić information content (AvgIpc) is 4.14. The lowest BCUT2D eigenvalue weighted by Gasteiger charge is -2.08. The maximum atomic E-state index is 5.46. The van der Waals surface area contributed by atoms with E-state index in [1.54, 1.807) is 11.3 Å². The lowest BCUT2D eigenvalue weighted by Crippen LogP contribution is -1.88. The van der Waals surface area contributed by atoms with E-state index in [0.29, 0.717) is 0 Å². The molecule has 10 aromatic rings. The van der Waals surface area contributed by atoms with Crippen LogP contribution in [0.2, 0.25) is 0 Å². The first-order chi connectivity index (χ1) is 31.3. The van der Waals surface area contributed by atoms with Crippen molar-refractivity contribution >= 4 is 131 Å². The fourth-order valence-electron chi connectivity index (χ4n) is 9.43. The summed E-state index contributed by atoms with van der Waals surface area (Å²) >= 11 is 15.2. The highest BCUT2D eigenvalue weighted by atomic mass is 32.1. The standard InChI is InChI=1S/C52H54N4S8/c1-9-17-27-26-58-49(53-27)50-54-36(18-10-2)46(62-50)40-24-34-30(15-7)45-35(31(16-8)44(34)60-40)25-41(61-45)48-38(20-12-4)56-52(64-48)51-55-37(19-11-3)47(63-51)39-23-33-29(14-6)42-32(21-22-57-42)28(13-5)43(33)59-39/h21-26H,9-20H2,1-8H3. The fourth-order valence-corrected chi connectivity index (χ4v) is 19.0. The number of hydrogen-bond donors (Lipinski definition) is 0. The average molecular weight is 992 g/mol. The van der Waals surface area contributed by atoms with E-state index >= 15 is 0 Å². The molecule has 2 aromatic carbocycles. The highest BCUT2D eigenvalue weighted by molar-refractivity contribution is 7.31. The Labute approximate surface area is 409 Å². The number of aromatic nitrogens is 4. The second kappa shape index (κ2) is 18.8. The van der Waals surface area contributed by atoms with E-state index in [0.717, 1.165) is 97.1 Å². The summed E-state index contributed by atoms with van der Waals surface area (Å²) in [5, 5.41) is 14.5. The molecular formula is C52H54N4S8. The van der Waals surface area contributed by atoms with Gasteiger partial charge in [-0.2, -0.15) is 0 Å². The summed E-state index contributed by atoms with van der Waals surface area (Å²) in [4.78, 5) is 29.2. The van der Waals surface area contributed by atoms with Gasteiger partial charge in [0.15, 0.2) is 20.0 Å². The minimum Gasteiger partial charge on any atom is -0.239 e. The number of thiophene rings is 4. The number of fused-ring (bicyclic) bond motifs is 4. The third-order valence-corrected chi connectivity index (χ3v) is 21.9. The predicted molar refractivity (Wildman–Crippen MR) is 291 cm³/mol. The highest BCUT2D eigenvalue weighted by Gasteiger charge is 2.26. The molecule has 0 aliphatic rings. The van der Waals surface area contributed by atoms with Crippen LogP contribution in [0.3, 0.4) is 0 Å². The first-order valence-corrected chi connectivity index (χ1v) is 29.9. The molecule has 4 nitrogen and oxygen atoms in total. The van der Waals surface area contributed by atoms with Crippen molar-refractivity contribution in [2.24, 2.45) is 0 Å². The molecule has 0 saturated heterocycles. The van der Waals surface area contributed by atoms with Crippen molar-refractivity contribution in [3.8, 4) is 49.3 Å². The molecule has 0 aliphatic heterocycles. The zero-order valence-corrected chi connectivity index (χ0v) is 44.5. The van der Waals surface area contributed by atoms with Gasteiger partial charge in [-0.05, 0) is 125 Å². The first-order valence-electron chi connectivity index (χ1n) is 23.2. The second-order valence-electron chi connectivity index (χ2n) is 16.6. The van der Waals surface area contributed by atoms with E-state index in [1.165, 1.54) is 115 Å². The normalized spacial score (nSPS) is 12.2. The number of aryl methyl sites for hydroxylation is 8. The van der Waals surface area contributed by atoms with Gasteiger partial charge < -0.3 is 0 Å². The maximum Gasteiger partial charge on any atom is 0.153 e. The molecular weight excluding hydrogens is 937 g/mol. The van der Waals surface area contributed by atoms with Crippen LogP contribution in [0.25, 0.3) is 89.6 Å². The minimum absolute atomic E-state index is 0.963. The Bertz CT molecular complexity index is 3180. The van der Waals surface area contributed by atoms with Gasteiger partial charge in [-0.1, -0.05) is 81.1 Å². The van der Waals surface area contributed by atoms with Gasteiger partial charge in [-0.3, -0.25) is 0 Å². The summed E-state index contributed by atoms with van der Waals surface area (Å²) in [6.07, 6.45) is 12.3. The van der Waals surface area contributed by atoms with Crippen LogP contribution in [0.4, 0.5) is 0 Å². The van der Waals surface area contributed by atoms with Crippen molar-refractivity contribution in [3.63, 3.8) is 0 Å². The molecule has 8 heterocycles. The van der Waals surface area contributed by atoms with Crippen LogP contribution in [0.1, 0.15) is 126 Å². The molecule has 0 aliphatic carbocycles. The predicted octanol–water partition coefficient (Wildman–Crippen LogP) is 18.8. The summed E-state index contributed by atoms with van der Waals surface area (Å²) in [5.41, 5.74) is 10.8. The number of nitrogens with zero attached hydrogens (tertiary/aromatic N) is 4.